The molecule has 0 amide bonds. The topological polar surface area (TPSA) is 143 Å². The molecule has 3 rings (SSSR count). The van der Waals surface area contributed by atoms with Crippen molar-refractivity contribution < 1.29 is 24.5 Å². The molecule has 0 aliphatic carbocycles. The van der Waals surface area contributed by atoms with Crippen LogP contribution in [0.5, 0.6) is 5.75 Å². The molecule has 30 heavy (non-hydrogen) atoms. The lowest BCUT2D eigenvalue weighted by molar-refractivity contribution is 0.0695. The summed E-state index contributed by atoms with van der Waals surface area (Å²) in [6, 6.07) is 11.6. The van der Waals surface area contributed by atoms with Gasteiger partial charge in [-0.25, -0.2) is 9.59 Å². The zero-order valence-corrected chi connectivity index (χ0v) is 17.5. The number of rotatable bonds is 6. The zero-order chi connectivity index (χ0) is 22.0. The Morgan fingerprint density at radius 2 is 1.77 bits per heavy atom. The van der Waals surface area contributed by atoms with Crippen LogP contribution in [-0.4, -0.2) is 27.1 Å². The van der Waals surface area contributed by atoms with Crippen molar-refractivity contribution in [2.24, 2.45) is 0 Å². The summed E-state index contributed by atoms with van der Waals surface area (Å²) < 4.78 is 6.33. The van der Waals surface area contributed by atoms with E-state index in [0.717, 1.165) is 0 Å². The molecule has 0 bridgehead atoms. The van der Waals surface area contributed by atoms with Crippen LogP contribution in [-0.2, 0) is 6.61 Å². The van der Waals surface area contributed by atoms with Crippen LogP contribution >= 0.6 is 27.5 Å². The van der Waals surface area contributed by atoms with Gasteiger partial charge in [0, 0.05) is 26.2 Å². The van der Waals surface area contributed by atoms with Gasteiger partial charge >= 0.3 is 11.9 Å². The highest BCUT2D eigenvalue weighted by Gasteiger charge is 2.28. The highest BCUT2D eigenvalue weighted by molar-refractivity contribution is 9.10. The van der Waals surface area contributed by atoms with Crippen LogP contribution in [0.2, 0.25) is 5.02 Å². The first-order valence-electron chi connectivity index (χ1n) is 8.39. The monoisotopic (exact) mass is 492 g/mol. The van der Waals surface area contributed by atoms with Gasteiger partial charge < -0.3 is 25.7 Å². The molecule has 0 fully saturated rings. The minimum absolute atomic E-state index is 0.0256. The van der Waals surface area contributed by atoms with Gasteiger partial charge in [0.2, 0.25) is 0 Å². The van der Waals surface area contributed by atoms with Gasteiger partial charge in [-0.1, -0.05) is 45.7 Å². The third kappa shape index (κ3) is 4.17. The van der Waals surface area contributed by atoms with Crippen LogP contribution < -0.4 is 16.0 Å². The summed E-state index contributed by atoms with van der Waals surface area (Å²) in [5.41, 5.74) is 3.74. The summed E-state index contributed by atoms with van der Waals surface area (Å²) in [5.74, 6) is -3.43. The van der Waals surface area contributed by atoms with E-state index >= 15 is 0 Å². The number of benzene rings is 2. The van der Waals surface area contributed by atoms with E-state index in [9.17, 15) is 24.6 Å². The van der Waals surface area contributed by atoms with Crippen LogP contribution in [0.25, 0.3) is 11.1 Å². The Morgan fingerprint density at radius 3 is 2.40 bits per heavy atom. The summed E-state index contributed by atoms with van der Waals surface area (Å²) in [4.78, 5) is 38.0. The second-order valence-electron chi connectivity index (χ2n) is 6.12. The molecule has 2 aromatic carbocycles. The fourth-order valence-corrected chi connectivity index (χ4v) is 3.46. The first-order valence-corrected chi connectivity index (χ1v) is 9.56. The third-order valence-corrected chi connectivity index (χ3v) is 5.09. The van der Waals surface area contributed by atoms with Gasteiger partial charge in [-0.2, -0.15) is 0 Å². The average molecular weight is 494 g/mol. The molecule has 0 spiro atoms. The van der Waals surface area contributed by atoms with Crippen molar-refractivity contribution in [1.82, 2.24) is 4.98 Å². The van der Waals surface area contributed by atoms with E-state index in [1.807, 2.05) is 0 Å². The van der Waals surface area contributed by atoms with Crippen molar-refractivity contribution in [3.05, 3.63) is 79.0 Å². The van der Waals surface area contributed by atoms with Gasteiger partial charge in [-0.3, -0.25) is 4.79 Å². The fraction of sp³-hybridized carbons (Fsp3) is 0.0500. The maximum absolute atomic E-state index is 12.3. The first kappa shape index (κ1) is 21.4. The van der Waals surface area contributed by atoms with E-state index in [2.05, 4.69) is 20.9 Å². The molecule has 0 saturated heterocycles. The van der Waals surface area contributed by atoms with Crippen molar-refractivity contribution in [1.29, 1.82) is 0 Å². The Bertz CT molecular complexity index is 1220. The standard InChI is InChI=1S/C20H14BrClN2O6/c21-10-5-6-13(30-8-9-3-1-2-4-12(9)22)11(7-10)14-15(19(26)27)17(23)24-18(25)16(14)20(28)29/h1-7H,8H2,(H,26,27)(H,28,29)(H3,23,24,25). The minimum atomic E-state index is -1.61. The molecule has 3 aromatic rings. The smallest absolute Gasteiger partial charge is 0.342 e. The number of aromatic carboxylic acids is 2. The normalized spacial score (nSPS) is 10.6. The van der Waals surface area contributed by atoms with Crippen molar-refractivity contribution in [3.63, 3.8) is 0 Å². The Morgan fingerprint density at radius 1 is 1.10 bits per heavy atom. The van der Waals surface area contributed by atoms with Crippen LogP contribution in [0.15, 0.2) is 51.7 Å². The number of nitrogens with one attached hydrogen (secondary N) is 1. The van der Waals surface area contributed by atoms with E-state index in [1.165, 1.54) is 12.1 Å². The quantitative estimate of drug-likeness (QED) is 0.406. The average Bonchev–Trinajstić information content (AvgIpc) is 2.66. The van der Waals surface area contributed by atoms with E-state index < -0.39 is 34.4 Å². The number of carboxylic acid groups (broad SMARTS) is 2. The van der Waals surface area contributed by atoms with Crippen molar-refractivity contribution >= 4 is 45.3 Å². The number of carboxylic acids is 2. The number of aromatic nitrogens is 1. The molecule has 0 aliphatic heterocycles. The lowest BCUT2D eigenvalue weighted by Crippen LogP contribution is -2.24. The highest BCUT2D eigenvalue weighted by atomic mass is 79.9. The number of H-pyrrole nitrogens is 1. The summed E-state index contributed by atoms with van der Waals surface area (Å²) in [6.07, 6.45) is 0. The summed E-state index contributed by atoms with van der Waals surface area (Å²) >= 11 is 9.42. The Hall–Kier alpha value is -3.30. The SMILES string of the molecule is Nc1[nH]c(=O)c(C(=O)O)c(-c2cc(Br)ccc2OCc2ccccc2Cl)c1C(=O)O. The lowest BCUT2D eigenvalue weighted by atomic mass is 9.94. The van der Waals surface area contributed by atoms with Gasteiger partial charge in [-0.05, 0) is 24.3 Å². The molecule has 1 aromatic heterocycles. The largest absolute Gasteiger partial charge is 0.488 e. The predicted molar refractivity (Wildman–Crippen MR) is 114 cm³/mol. The number of ether oxygens (including phenoxy) is 1. The van der Waals surface area contributed by atoms with Gasteiger partial charge in [-0.15, -0.1) is 0 Å². The fourth-order valence-electron chi connectivity index (χ4n) is 2.91. The van der Waals surface area contributed by atoms with Gasteiger partial charge in [0.25, 0.3) is 5.56 Å². The van der Waals surface area contributed by atoms with Crippen LogP contribution in [0, 0.1) is 0 Å². The number of hydrogen-bond acceptors (Lipinski definition) is 5. The number of anilines is 1. The molecule has 1 heterocycles. The molecule has 154 valence electrons. The molecule has 5 N–H and O–H groups in total. The number of pyridine rings is 1. The second-order valence-corrected chi connectivity index (χ2v) is 7.45. The maximum Gasteiger partial charge on any atom is 0.342 e. The Labute approximate surface area is 183 Å². The van der Waals surface area contributed by atoms with Crippen LogP contribution in [0.4, 0.5) is 5.82 Å². The van der Waals surface area contributed by atoms with Crippen molar-refractivity contribution in [2.75, 3.05) is 5.73 Å². The van der Waals surface area contributed by atoms with E-state index in [4.69, 9.17) is 22.1 Å². The van der Waals surface area contributed by atoms with E-state index in [1.54, 1.807) is 30.3 Å². The molecule has 0 unspecified atom stereocenters. The van der Waals surface area contributed by atoms with Gasteiger partial charge in [0.05, 0.1) is 0 Å². The van der Waals surface area contributed by atoms with Gasteiger partial charge in [0.1, 0.15) is 29.3 Å². The summed E-state index contributed by atoms with van der Waals surface area (Å²) in [5, 5.41) is 19.7. The van der Waals surface area contributed by atoms with Crippen molar-refractivity contribution in [2.45, 2.75) is 6.61 Å². The molecule has 8 nitrogen and oxygen atoms in total. The Kier molecular flexibility index (Phi) is 6.14. The number of nitrogen functional groups attached to an aromatic ring is 1. The number of carbonyl (C=O) groups is 2. The first-order chi connectivity index (χ1) is 14.2. The molecule has 0 radical (unpaired) electrons. The van der Waals surface area contributed by atoms with E-state index in [-0.39, 0.29) is 23.5 Å². The maximum atomic E-state index is 12.3. The third-order valence-electron chi connectivity index (χ3n) is 4.22. The minimum Gasteiger partial charge on any atom is -0.488 e. The van der Waals surface area contributed by atoms with Gasteiger partial charge in [0.15, 0.2) is 0 Å². The van der Waals surface area contributed by atoms with Crippen molar-refractivity contribution in [3.8, 4) is 16.9 Å². The highest BCUT2D eigenvalue weighted by Crippen LogP contribution is 2.38. The lowest BCUT2D eigenvalue weighted by Gasteiger charge is -2.17. The zero-order valence-electron chi connectivity index (χ0n) is 15.1. The van der Waals surface area contributed by atoms with Crippen LogP contribution in [0.1, 0.15) is 26.3 Å². The molecule has 0 saturated carbocycles. The van der Waals surface area contributed by atoms with Crippen LogP contribution in [0.3, 0.4) is 0 Å². The molecule has 0 aliphatic rings. The number of nitrogens with two attached hydrogens (primary N) is 1. The number of halogens is 2. The molecule has 0 atom stereocenters. The number of hydrogen-bond donors (Lipinski definition) is 4. The molecular formula is C20H14BrClN2O6. The molecule has 10 heteroatoms. The molecular weight excluding hydrogens is 480 g/mol. The van der Waals surface area contributed by atoms with E-state index in [0.29, 0.717) is 15.1 Å². The predicted octanol–water partition coefficient (Wildman–Crippen LogP) is 4.02. The second kappa shape index (κ2) is 8.60. The summed E-state index contributed by atoms with van der Waals surface area (Å²) in [6.45, 7) is 0.0256. The Balaban J connectivity index is 2.25. The number of aromatic amines is 1. The summed E-state index contributed by atoms with van der Waals surface area (Å²) in [7, 11) is 0.